The van der Waals surface area contributed by atoms with Crippen LogP contribution in [0.4, 0.5) is 5.69 Å². The molecule has 24 heavy (non-hydrogen) atoms. The van der Waals surface area contributed by atoms with Gasteiger partial charge in [0.05, 0.1) is 4.88 Å². The second kappa shape index (κ2) is 6.79. The molecular formula is C17H15N3O3S. The van der Waals surface area contributed by atoms with Crippen LogP contribution in [0.3, 0.4) is 0 Å². The molecule has 1 heterocycles. The first-order chi connectivity index (χ1) is 11.6. The van der Waals surface area contributed by atoms with E-state index < -0.39 is 11.9 Å². The number of amides is 2. The van der Waals surface area contributed by atoms with Gasteiger partial charge in [0, 0.05) is 10.4 Å². The molecule has 2 aromatic carbocycles. The highest BCUT2D eigenvalue weighted by atomic mass is 32.1. The van der Waals surface area contributed by atoms with Crippen molar-refractivity contribution in [2.45, 2.75) is 6.04 Å². The van der Waals surface area contributed by atoms with E-state index in [2.05, 4.69) is 5.32 Å². The molecule has 7 heteroatoms. The van der Waals surface area contributed by atoms with Gasteiger partial charge in [0.15, 0.2) is 0 Å². The van der Waals surface area contributed by atoms with Crippen LogP contribution in [0.25, 0.3) is 10.1 Å². The van der Waals surface area contributed by atoms with Gasteiger partial charge in [-0.05, 0) is 29.1 Å². The minimum atomic E-state index is -0.763. The van der Waals surface area contributed by atoms with Crippen molar-refractivity contribution in [2.24, 2.45) is 5.73 Å². The summed E-state index contributed by atoms with van der Waals surface area (Å²) in [5.74, 6) is -0.877. The average Bonchev–Trinajstić information content (AvgIpc) is 3.04. The molecule has 0 spiro atoms. The summed E-state index contributed by atoms with van der Waals surface area (Å²) in [5.41, 5.74) is 8.90. The number of nitrogens with one attached hydrogen (secondary N) is 2. The third-order valence-electron chi connectivity index (χ3n) is 3.55. The molecule has 0 aliphatic heterocycles. The molecule has 0 radical (unpaired) electrons. The minimum Gasteiger partial charge on any atom is -0.324 e. The molecule has 122 valence electrons. The average molecular weight is 341 g/mol. The molecule has 0 saturated carbocycles. The van der Waals surface area contributed by atoms with E-state index in [1.165, 1.54) is 11.3 Å². The normalized spacial score (nSPS) is 11.9. The van der Waals surface area contributed by atoms with Gasteiger partial charge in [0.25, 0.3) is 5.91 Å². The molecule has 1 atom stereocenters. The van der Waals surface area contributed by atoms with Gasteiger partial charge in [-0.15, -0.1) is 11.3 Å². The summed E-state index contributed by atoms with van der Waals surface area (Å²) in [5, 5.41) is 12.3. The lowest BCUT2D eigenvalue weighted by molar-refractivity contribution is -0.117. The van der Waals surface area contributed by atoms with Gasteiger partial charge in [0.2, 0.25) is 5.91 Å². The third-order valence-corrected chi connectivity index (χ3v) is 4.65. The third kappa shape index (κ3) is 3.28. The van der Waals surface area contributed by atoms with Crippen LogP contribution in [0.2, 0.25) is 0 Å². The van der Waals surface area contributed by atoms with Crippen molar-refractivity contribution in [3.8, 4) is 0 Å². The zero-order valence-electron chi connectivity index (χ0n) is 12.5. The predicted molar refractivity (Wildman–Crippen MR) is 93.1 cm³/mol. The van der Waals surface area contributed by atoms with Gasteiger partial charge in [-0.1, -0.05) is 36.4 Å². The maximum atomic E-state index is 12.3. The molecule has 6 nitrogen and oxygen atoms in total. The van der Waals surface area contributed by atoms with E-state index in [1.807, 2.05) is 18.2 Å². The summed E-state index contributed by atoms with van der Waals surface area (Å²) in [6.45, 7) is 0. The maximum Gasteiger partial charge on any atom is 0.284 e. The highest BCUT2D eigenvalue weighted by Gasteiger charge is 2.16. The van der Waals surface area contributed by atoms with E-state index in [0.717, 1.165) is 15.6 Å². The van der Waals surface area contributed by atoms with Gasteiger partial charge in [-0.2, -0.15) is 0 Å². The van der Waals surface area contributed by atoms with E-state index in [4.69, 9.17) is 10.9 Å². The monoisotopic (exact) mass is 341 g/mol. The molecule has 0 bridgehead atoms. The van der Waals surface area contributed by atoms with Gasteiger partial charge < -0.3 is 11.1 Å². The topological polar surface area (TPSA) is 104 Å². The van der Waals surface area contributed by atoms with Crippen LogP contribution < -0.4 is 16.5 Å². The van der Waals surface area contributed by atoms with Crippen molar-refractivity contribution in [3.63, 3.8) is 0 Å². The lowest BCUT2D eigenvalue weighted by Crippen LogP contribution is -2.27. The molecule has 0 unspecified atom stereocenters. The lowest BCUT2D eigenvalue weighted by atomic mass is 10.1. The Bertz CT molecular complexity index is 892. The smallest absolute Gasteiger partial charge is 0.284 e. The molecule has 0 aliphatic rings. The minimum absolute atomic E-state index is 0.314. The Morgan fingerprint density at radius 1 is 1.08 bits per heavy atom. The van der Waals surface area contributed by atoms with Gasteiger partial charge in [0.1, 0.15) is 6.04 Å². The first-order valence-electron chi connectivity index (χ1n) is 7.18. The van der Waals surface area contributed by atoms with Crippen LogP contribution in [0.5, 0.6) is 0 Å². The number of benzene rings is 2. The second-order valence-electron chi connectivity index (χ2n) is 5.18. The van der Waals surface area contributed by atoms with E-state index in [1.54, 1.807) is 41.9 Å². The SMILES string of the molecule is N[C@H](C(=O)Nc1ccc2cc(C(=O)NO)sc2c1)c1ccccc1. The van der Waals surface area contributed by atoms with Crippen LogP contribution >= 0.6 is 11.3 Å². The Morgan fingerprint density at radius 3 is 2.54 bits per heavy atom. The molecule has 0 aliphatic carbocycles. The number of rotatable bonds is 4. The van der Waals surface area contributed by atoms with E-state index >= 15 is 0 Å². The molecule has 2 amide bonds. The molecule has 0 saturated heterocycles. The number of fused-ring (bicyclic) bond motifs is 1. The van der Waals surface area contributed by atoms with Gasteiger partial charge >= 0.3 is 0 Å². The molecule has 5 N–H and O–H groups in total. The fourth-order valence-corrected chi connectivity index (χ4v) is 3.30. The maximum absolute atomic E-state index is 12.3. The lowest BCUT2D eigenvalue weighted by Gasteiger charge is -2.12. The zero-order valence-corrected chi connectivity index (χ0v) is 13.3. The van der Waals surface area contributed by atoms with Crippen molar-refractivity contribution in [3.05, 3.63) is 65.0 Å². The summed E-state index contributed by atoms with van der Waals surface area (Å²) < 4.78 is 0.819. The number of carbonyl (C=O) groups is 2. The number of anilines is 1. The number of hydrogen-bond donors (Lipinski definition) is 4. The number of thiophene rings is 1. The van der Waals surface area contributed by atoms with Crippen molar-refractivity contribution in [2.75, 3.05) is 5.32 Å². The quantitative estimate of drug-likeness (QED) is 0.432. The summed E-state index contributed by atoms with van der Waals surface area (Å²) >= 11 is 1.22. The van der Waals surface area contributed by atoms with Crippen LogP contribution in [-0.2, 0) is 4.79 Å². The van der Waals surface area contributed by atoms with Crippen molar-refractivity contribution < 1.29 is 14.8 Å². The second-order valence-corrected chi connectivity index (χ2v) is 6.27. The van der Waals surface area contributed by atoms with Crippen LogP contribution in [-0.4, -0.2) is 17.0 Å². The standard InChI is InChI=1S/C17H15N3O3S/c18-15(10-4-2-1-3-5-10)17(22)19-12-7-6-11-8-14(16(21)20-23)24-13(11)9-12/h1-9,15,23H,18H2,(H,19,22)(H,20,21)/t15-/m0/s1. The summed E-state index contributed by atoms with van der Waals surface area (Å²) in [6, 6.07) is 15.3. The Balaban J connectivity index is 1.79. The number of hydrogen-bond acceptors (Lipinski definition) is 5. The zero-order chi connectivity index (χ0) is 17.1. The van der Waals surface area contributed by atoms with E-state index in [-0.39, 0.29) is 5.91 Å². The van der Waals surface area contributed by atoms with Gasteiger partial charge in [-0.3, -0.25) is 14.8 Å². The molecular weight excluding hydrogens is 326 g/mol. The summed E-state index contributed by atoms with van der Waals surface area (Å²) in [6.07, 6.45) is 0. The predicted octanol–water partition coefficient (Wildman–Crippen LogP) is 2.66. The van der Waals surface area contributed by atoms with Crippen LogP contribution in [0, 0.1) is 0 Å². The molecule has 3 rings (SSSR count). The van der Waals surface area contributed by atoms with Crippen LogP contribution in [0.15, 0.2) is 54.6 Å². The fourth-order valence-electron chi connectivity index (χ4n) is 2.31. The van der Waals surface area contributed by atoms with Crippen molar-refractivity contribution >= 4 is 38.9 Å². The molecule has 0 fully saturated rings. The fraction of sp³-hybridized carbons (Fsp3) is 0.0588. The highest BCUT2D eigenvalue weighted by molar-refractivity contribution is 7.20. The Kier molecular flexibility index (Phi) is 4.57. The number of nitrogens with two attached hydrogens (primary N) is 1. The van der Waals surface area contributed by atoms with Crippen molar-refractivity contribution in [1.82, 2.24) is 5.48 Å². The van der Waals surface area contributed by atoms with E-state index in [0.29, 0.717) is 10.6 Å². The van der Waals surface area contributed by atoms with E-state index in [9.17, 15) is 9.59 Å². The number of hydroxylamine groups is 1. The first-order valence-corrected chi connectivity index (χ1v) is 7.99. The van der Waals surface area contributed by atoms with Crippen LogP contribution in [0.1, 0.15) is 21.3 Å². The summed E-state index contributed by atoms with van der Waals surface area (Å²) in [4.78, 5) is 24.1. The molecule has 1 aromatic heterocycles. The Hall–Kier alpha value is -2.74. The Labute approximate surface area is 141 Å². The van der Waals surface area contributed by atoms with Gasteiger partial charge in [-0.25, -0.2) is 5.48 Å². The first kappa shape index (κ1) is 16.1. The number of carbonyl (C=O) groups excluding carboxylic acids is 2. The largest absolute Gasteiger partial charge is 0.324 e. The summed E-state index contributed by atoms with van der Waals surface area (Å²) in [7, 11) is 0. The van der Waals surface area contributed by atoms with Crippen molar-refractivity contribution in [1.29, 1.82) is 0 Å². The Morgan fingerprint density at radius 2 is 1.83 bits per heavy atom. The molecule has 3 aromatic rings. The highest BCUT2D eigenvalue weighted by Crippen LogP contribution is 2.28.